The molecule has 0 fully saturated rings. The van der Waals surface area contributed by atoms with Crippen LogP contribution >= 0.6 is 12.2 Å². The van der Waals surface area contributed by atoms with Gasteiger partial charge in [-0.1, -0.05) is 0 Å². The summed E-state index contributed by atoms with van der Waals surface area (Å²) in [7, 11) is 0. The Labute approximate surface area is 39.3 Å². The number of hydrogen-bond donors (Lipinski definition) is 1. The molecule has 0 aromatic rings. The standard InChI is InChI=1S/C2HNO2S/c4-2(5)3-1-6/h(H,4,5)/q+1. The molecular weight excluding hydrogens is 102 g/mol. The summed E-state index contributed by atoms with van der Waals surface area (Å²) in [5, 5.41) is 9.29. The molecule has 0 spiro atoms. The summed E-state index contributed by atoms with van der Waals surface area (Å²) in [4.78, 5) is 11.9. The highest BCUT2D eigenvalue weighted by Gasteiger charge is 2.01. The van der Waals surface area contributed by atoms with Gasteiger partial charge in [0, 0.05) is 0 Å². The molecule has 3 nitrogen and oxygen atoms in total. The summed E-state index contributed by atoms with van der Waals surface area (Å²) in [6.07, 6.45) is -1.30. The first-order valence-corrected chi connectivity index (χ1v) is 1.49. The Morgan fingerprint density at radius 3 is 2.50 bits per heavy atom. The zero-order valence-corrected chi connectivity index (χ0v) is 3.53. The van der Waals surface area contributed by atoms with E-state index in [2.05, 4.69) is 17.2 Å². The van der Waals surface area contributed by atoms with Crippen LogP contribution in [0.15, 0.2) is 0 Å². The maximum absolute atomic E-state index is 9.30. The fraction of sp³-hybridized carbons (Fsp3) is 0. The normalized spacial score (nSPS) is 6.00. The van der Waals surface area contributed by atoms with Gasteiger partial charge in [-0.05, 0) is 0 Å². The molecule has 4 heteroatoms. The molecule has 0 saturated carbocycles. The summed E-state index contributed by atoms with van der Waals surface area (Å²) in [6, 6.07) is 0. The van der Waals surface area contributed by atoms with E-state index in [4.69, 9.17) is 5.11 Å². The summed E-state index contributed by atoms with van der Waals surface area (Å²) in [6.45, 7) is 0. The number of aliphatic imine (C=N–C) groups is 1. The molecule has 0 rings (SSSR count). The summed E-state index contributed by atoms with van der Waals surface area (Å²) in [5.41, 5.74) is 0. The summed E-state index contributed by atoms with van der Waals surface area (Å²) < 4.78 is 0. The number of isothiocyanates is 1. The van der Waals surface area contributed by atoms with Crippen LogP contribution in [0, 0.1) is 0 Å². The zero-order chi connectivity index (χ0) is 4.99. The minimum Gasteiger partial charge on any atom is -0.422 e. The predicted octanol–water partition coefficient (Wildman–Crippen LogP) is 0.103. The Morgan fingerprint density at radius 1 is 2.00 bits per heavy atom. The smallest absolute Gasteiger partial charge is 0.422 e. The van der Waals surface area contributed by atoms with E-state index in [0.29, 0.717) is 0 Å². The maximum Gasteiger partial charge on any atom is 0.673 e. The molecule has 0 atom stereocenters. The largest absolute Gasteiger partial charge is 0.673 e. The Bertz CT molecular complexity index is 104. The third-order valence-electron chi connectivity index (χ3n) is 0.141. The number of amides is 1. The van der Waals surface area contributed by atoms with Gasteiger partial charge in [0.2, 0.25) is 4.99 Å². The van der Waals surface area contributed by atoms with Gasteiger partial charge in [-0.3, -0.25) is 0 Å². The third-order valence-corrected chi connectivity index (χ3v) is 0.233. The molecule has 0 heterocycles. The topological polar surface area (TPSA) is 51.4 Å². The van der Waals surface area contributed by atoms with Crippen molar-refractivity contribution in [1.29, 1.82) is 0 Å². The molecule has 1 N–H and O–H groups in total. The lowest BCUT2D eigenvalue weighted by atomic mass is 11.2. The van der Waals surface area contributed by atoms with Gasteiger partial charge < -0.3 is 5.11 Å². The Kier molecular flexibility index (Phi) is 2.20. The predicted molar refractivity (Wildman–Crippen MR) is 22.8 cm³/mol. The van der Waals surface area contributed by atoms with Gasteiger partial charge in [0.15, 0.2) is 0 Å². The fourth-order valence-corrected chi connectivity index (χ4v) is 0.117. The molecule has 0 aliphatic rings. The second-order valence-electron chi connectivity index (χ2n) is 0.486. The lowest BCUT2D eigenvalue weighted by Gasteiger charge is -1.45. The van der Waals surface area contributed by atoms with Gasteiger partial charge in [-0.2, -0.15) is 4.79 Å². The van der Waals surface area contributed by atoms with Crippen molar-refractivity contribution in [1.82, 2.24) is 4.99 Å². The molecule has 31 valence electrons. The summed E-state index contributed by atoms with van der Waals surface area (Å²) >= 11 is 3.93. The number of rotatable bonds is 0. The lowest BCUT2D eigenvalue weighted by molar-refractivity contribution is 0.202. The Hall–Kier alpha value is -0.730. The molecule has 0 unspecified atom stereocenters. The lowest BCUT2D eigenvalue weighted by Crippen LogP contribution is -1.96. The summed E-state index contributed by atoms with van der Waals surface area (Å²) in [5.74, 6) is 0. The van der Waals surface area contributed by atoms with E-state index in [1.165, 1.54) is 0 Å². The molecule has 1 amide bonds. The fourth-order valence-electron chi connectivity index (χ4n) is 0.0390. The van der Waals surface area contributed by atoms with E-state index in [9.17, 15) is 4.79 Å². The molecule has 0 saturated heterocycles. The molecule has 1 radical (unpaired) electrons. The Balaban J connectivity index is 3.60. The third kappa shape index (κ3) is 3.27. The second kappa shape index (κ2) is 2.50. The average molecular weight is 103 g/mol. The number of carboxylic acid groups (broad SMARTS) is 1. The molecule has 0 bridgehead atoms. The van der Waals surface area contributed by atoms with Crippen molar-refractivity contribution in [2.75, 3.05) is 0 Å². The number of nitrogens with zero attached hydrogens (tertiary/aromatic N) is 1. The number of carbonyl (C=O) groups is 1. The Morgan fingerprint density at radius 2 is 2.50 bits per heavy atom. The molecule has 0 aliphatic heterocycles. The van der Waals surface area contributed by atoms with Crippen molar-refractivity contribution in [3.05, 3.63) is 0 Å². The minimum absolute atomic E-state index is 1.30. The highest BCUT2D eigenvalue weighted by Crippen LogP contribution is 1.47. The van der Waals surface area contributed by atoms with E-state index in [-0.39, 0.29) is 0 Å². The first-order valence-electron chi connectivity index (χ1n) is 1.08. The van der Waals surface area contributed by atoms with Gasteiger partial charge in [-0.15, -0.1) is 0 Å². The highest BCUT2D eigenvalue weighted by molar-refractivity contribution is 7.78. The highest BCUT2D eigenvalue weighted by atomic mass is 32.1. The van der Waals surface area contributed by atoms with Crippen LogP contribution in [-0.4, -0.2) is 16.4 Å². The molecular formula is C2HNO2S+. The van der Waals surface area contributed by atoms with Crippen molar-refractivity contribution >= 4 is 23.5 Å². The van der Waals surface area contributed by atoms with Crippen LogP contribution < -0.4 is 4.99 Å². The van der Waals surface area contributed by atoms with E-state index in [0.717, 1.165) is 0 Å². The second-order valence-corrected chi connectivity index (χ2v) is 0.668. The van der Waals surface area contributed by atoms with Crippen LogP contribution in [-0.2, 0) is 0 Å². The van der Waals surface area contributed by atoms with Gasteiger partial charge in [0.1, 0.15) is 0 Å². The van der Waals surface area contributed by atoms with Crippen molar-refractivity contribution in [3.63, 3.8) is 0 Å². The molecule has 0 aliphatic carbocycles. The van der Waals surface area contributed by atoms with Crippen molar-refractivity contribution < 1.29 is 9.90 Å². The molecule has 6 heavy (non-hydrogen) atoms. The van der Waals surface area contributed by atoms with Crippen LogP contribution in [0.5, 0.6) is 0 Å². The van der Waals surface area contributed by atoms with Gasteiger partial charge in [-0.25, -0.2) is 0 Å². The quantitative estimate of drug-likeness (QED) is 0.349. The van der Waals surface area contributed by atoms with E-state index in [1.54, 1.807) is 5.16 Å². The van der Waals surface area contributed by atoms with E-state index < -0.39 is 6.09 Å². The van der Waals surface area contributed by atoms with Crippen molar-refractivity contribution in [3.8, 4) is 0 Å². The van der Waals surface area contributed by atoms with Crippen LogP contribution in [0.1, 0.15) is 0 Å². The minimum atomic E-state index is -1.30. The zero-order valence-electron chi connectivity index (χ0n) is 2.71. The monoisotopic (exact) mass is 103 g/mol. The van der Waals surface area contributed by atoms with Gasteiger partial charge in [0.25, 0.3) is 0 Å². The van der Waals surface area contributed by atoms with Crippen molar-refractivity contribution in [2.24, 2.45) is 0 Å². The first-order chi connectivity index (χ1) is 2.77. The van der Waals surface area contributed by atoms with Crippen LogP contribution in [0.2, 0.25) is 0 Å². The average Bonchev–Trinajstić information content (AvgIpc) is 1.35. The SMILES string of the molecule is O=C(O)[N+]=C=S. The maximum atomic E-state index is 9.30. The van der Waals surface area contributed by atoms with Gasteiger partial charge in [0.05, 0.1) is 12.2 Å². The van der Waals surface area contributed by atoms with E-state index >= 15 is 0 Å². The number of thiocarbonyl (C=S) groups is 1. The van der Waals surface area contributed by atoms with Crippen LogP contribution in [0.3, 0.4) is 0 Å². The first kappa shape index (κ1) is 5.27. The van der Waals surface area contributed by atoms with Gasteiger partial charge >= 0.3 is 11.3 Å². The molecule has 0 aromatic carbocycles. The van der Waals surface area contributed by atoms with Crippen molar-refractivity contribution in [2.45, 2.75) is 0 Å². The number of hydrogen-bond acceptors (Lipinski definition) is 2. The van der Waals surface area contributed by atoms with E-state index in [1.807, 2.05) is 0 Å². The van der Waals surface area contributed by atoms with Crippen LogP contribution in [0.4, 0.5) is 4.79 Å². The van der Waals surface area contributed by atoms with Crippen LogP contribution in [0.25, 0.3) is 0 Å². The molecule has 0 aromatic heterocycles.